The lowest BCUT2D eigenvalue weighted by atomic mass is 10.00. The van der Waals surface area contributed by atoms with Crippen molar-refractivity contribution in [2.75, 3.05) is 0 Å². The highest BCUT2D eigenvalue weighted by atomic mass is 16.7. The zero-order chi connectivity index (χ0) is 15.9. The molecule has 1 aliphatic heterocycles. The maximum absolute atomic E-state index is 12.1. The summed E-state index contributed by atoms with van der Waals surface area (Å²) in [6.45, 7) is 4.92. The second-order valence-electron chi connectivity index (χ2n) is 5.74. The predicted molar refractivity (Wildman–Crippen MR) is 82.0 cm³/mol. The number of esters is 1. The Morgan fingerprint density at radius 2 is 1.59 bits per heavy atom. The van der Waals surface area contributed by atoms with E-state index in [1.54, 1.807) is 38.1 Å². The van der Waals surface area contributed by atoms with Gasteiger partial charge < -0.3 is 9.47 Å². The third kappa shape index (κ3) is 2.60. The lowest BCUT2D eigenvalue weighted by Crippen LogP contribution is -2.38. The molecule has 0 fully saturated rings. The van der Waals surface area contributed by atoms with Gasteiger partial charge in [0.05, 0.1) is 0 Å². The van der Waals surface area contributed by atoms with E-state index in [0.29, 0.717) is 16.9 Å². The second kappa shape index (κ2) is 4.98. The average molecular weight is 296 g/mol. The van der Waals surface area contributed by atoms with E-state index in [1.165, 1.54) is 6.92 Å². The number of carbonyl (C=O) groups is 2. The molecule has 0 atom stereocenters. The lowest BCUT2D eigenvalue weighted by Gasteiger charge is -2.31. The van der Waals surface area contributed by atoms with Gasteiger partial charge in [0, 0.05) is 19.4 Å². The van der Waals surface area contributed by atoms with Gasteiger partial charge in [-0.25, -0.2) is 4.79 Å². The first-order valence-electron chi connectivity index (χ1n) is 7.03. The van der Waals surface area contributed by atoms with E-state index in [2.05, 4.69) is 0 Å². The van der Waals surface area contributed by atoms with Crippen molar-refractivity contribution in [1.29, 1.82) is 0 Å². The van der Waals surface area contributed by atoms with E-state index in [9.17, 15) is 9.59 Å². The molecular weight excluding hydrogens is 280 g/mol. The molecule has 1 aliphatic rings. The van der Waals surface area contributed by atoms with E-state index >= 15 is 0 Å². The van der Waals surface area contributed by atoms with Gasteiger partial charge in [0.1, 0.15) is 11.3 Å². The first-order chi connectivity index (χ1) is 10.4. The molecule has 4 nitrogen and oxygen atoms in total. The average Bonchev–Trinajstić information content (AvgIpc) is 2.46. The summed E-state index contributed by atoms with van der Waals surface area (Å²) >= 11 is 0. The van der Waals surface area contributed by atoms with Crippen molar-refractivity contribution in [3.05, 3.63) is 53.6 Å². The smallest absolute Gasteiger partial charge is 0.345 e. The van der Waals surface area contributed by atoms with Crippen molar-refractivity contribution in [3.8, 4) is 16.9 Å². The molecule has 1 heterocycles. The molecule has 0 aromatic heterocycles. The highest BCUT2D eigenvalue weighted by Crippen LogP contribution is 2.34. The molecule has 0 radical (unpaired) electrons. The fourth-order valence-electron chi connectivity index (χ4n) is 2.42. The number of benzene rings is 2. The van der Waals surface area contributed by atoms with Crippen LogP contribution in [0.15, 0.2) is 42.5 Å². The summed E-state index contributed by atoms with van der Waals surface area (Å²) in [5.74, 6) is -0.802. The summed E-state index contributed by atoms with van der Waals surface area (Å²) in [6, 6.07) is 12.7. The summed E-state index contributed by atoms with van der Waals surface area (Å²) in [5.41, 5.74) is 2.86. The Morgan fingerprint density at radius 3 is 2.23 bits per heavy atom. The van der Waals surface area contributed by atoms with Gasteiger partial charge in [0.2, 0.25) is 5.79 Å². The first kappa shape index (κ1) is 14.3. The highest BCUT2D eigenvalue weighted by Gasteiger charge is 2.33. The van der Waals surface area contributed by atoms with Gasteiger partial charge in [-0.15, -0.1) is 0 Å². The highest BCUT2D eigenvalue weighted by molar-refractivity contribution is 5.96. The van der Waals surface area contributed by atoms with Crippen LogP contribution >= 0.6 is 0 Å². The Labute approximate surface area is 128 Å². The third-order valence-electron chi connectivity index (χ3n) is 3.52. The topological polar surface area (TPSA) is 52.6 Å². The van der Waals surface area contributed by atoms with Gasteiger partial charge >= 0.3 is 5.97 Å². The Bertz CT molecular complexity index is 757. The number of ether oxygens (including phenoxy) is 2. The van der Waals surface area contributed by atoms with Crippen molar-refractivity contribution < 1.29 is 19.1 Å². The number of cyclic esters (lactones) is 1. The Morgan fingerprint density at radius 1 is 0.955 bits per heavy atom. The van der Waals surface area contributed by atoms with Crippen molar-refractivity contribution in [1.82, 2.24) is 0 Å². The van der Waals surface area contributed by atoms with Crippen LogP contribution in [0.1, 0.15) is 41.5 Å². The summed E-state index contributed by atoms with van der Waals surface area (Å²) in [6.07, 6.45) is 0. The molecular formula is C18H16O4. The van der Waals surface area contributed by atoms with Crippen molar-refractivity contribution in [3.63, 3.8) is 0 Å². The molecule has 0 bridgehead atoms. The number of carbonyl (C=O) groups excluding carboxylic acids is 2. The fraction of sp³-hybridized carbons (Fsp3) is 0.222. The molecule has 0 N–H and O–H groups in total. The van der Waals surface area contributed by atoms with Gasteiger partial charge in [0.25, 0.3) is 0 Å². The molecule has 2 aromatic rings. The molecule has 0 aliphatic carbocycles. The van der Waals surface area contributed by atoms with Gasteiger partial charge in [0.15, 0.2) is 5.78 Å². The van der Waals surface area contributed by atoms with Crippen LogP contribution in [0.3, 0.4) is 0 Å². The Hall–Kier alpha value is -2.62. The molecule has 0 amide bonds. The fourth-order valence-corrected chi connectivity index (χ4v) is 2.42. The molecule has 2 aromatic carbocycles. The van der Waals surface area contributed by atoms with Crippen LogP contribution in [0, 0.1) is 0 Å². The minimum atomic E-state index is -0.950. The van der Waals surface area contributed by atoms with E-state index in [1.807, 2.05) is 18.2 Å². The van der Waals surface area contributed by atoms with Crippen LogP contribution < -0.4 is 4.74 Å². The molecule has 0 unspecified atom stereocenters. The summed E-state index contributed by atoms with van der Waals surface area (Å²) in [4.78, 5) is 23.4. The SMILES string of the molecule is CC(=O)c1ccc(-c2ccc3c(c2)C(=O)OC(C)(C)O3)cc1. The van der Waals surface area contributed by atoms with Gasteiger partial charge in [-0.05, 0) is 30.2 Å². The predicted octanol–water partition coefficient (Wildman–Crippen LogP) is 3.84. The molecule has 3 rings (SSSR count). The zero-order valence-electron chi connectivity index (χ0n) is 12.7. The van der Waals surface area contributed by atoms with E-state index in [4.69, 9.17) is 9.47 Å². The quantitative estimate of drug-likeness (QED) is 0.624. The van der Waals surface area contributed by atoms with Crippen LogP contribution in [0.5, 0.6) is 5.75 Å². The first-order valence-corrected chi connectivity index (χ1v) is 7.03. The molecule has 0 saturated carbocycles. The van der Waals surface area contributed by atoms with Crippen LogP contribution in [-0.2, 0) is 4.74 Å². The number of fused-ring (bicyclic) bond motifs is 1. The standard InChI is InChI=1S/C18H16O4/c1-11(19)12-4-6-13(7-5-12)14-8-9-16-15(10-14)17(20)22-18(2,3)21-16/h4-10H,1-3H3. The number of Topliss-reactive ketones (excluding diaryl/α,β-unsaturated/α-hetero) is 1. The maximum Gasteiger partial charge on any atom is 0.345 e. The summed E-state index contributed by atoms with van der Waals surface area (Å²) < 4.78 is 10.9. The third-order valence-corrected chi connectivity index (χ3v) is 3.52. The number of rotatable bonds is 2. The number of ketones is 1. The maximum atomic E-state index is 12.1. The molecule has 0 spiro atoms. The summed E-state index contributed by atoms with van der Waals surface area (Å²) in [7, 11) is 0. The van der Waals surface area contributed by atoms with Gasteiger partial charge in [-0.3, -0.25) is 4.79 Å². The number of hydrogen-bond donors (Lipinski definition) is 0. The van der Waals surface area contributed by atoms with Crippen LogP contribution in [-0.4, -0.2) is 17.5 Å². The Balaban J connectivity index is 1.99. The van der Waals surface area contributed by atoms with E-state index in [0.717, 1.165) is 11.1 Å². The normalized spacial score (nSPS) is 15.5. The molecule has 0 saturated heterocycles. The minimum Gasteiger partial charge on any atom is -0.452 e. The number of hydrogen-bond acceptors (Lipinski definition) is 4. The van der Waals surface area contributed by atoms with Gasteiger partial charge in [-0.2, -0.15) is 0 Å². The molecule has 4 heteroatoms. The minimum absolute atomic E-state index is 0.0243. The zero-order valence-corrected chi connectivity index (χ0v) is 12.7. The monoisotopic (exact) mass is 296 g/mol. The van der Waals surface area contributed by atoms with E-state index in [-0.39, 0.29) is 5.78 Å². The van der Waals surface area contributed by atoms with Crippen molar-refractivity contribution >= 4 is 11.8 Å². The van der Waals surface area contributed by atoms with Crippen LogP contribution in [0.25, 0.3) is 11.1 Å². The largest absolute Gasteiger partial charge is 0.452 e. The van der Waals surface area contributed by atoms with Crippen molar-refractivity contribution in [2.24, 2.45) is 0 Å². The van der Waals surface area contributed by atoms with Crippen molar-refractivity contribution in [2.45, 2.75) is 26.6 Å². The van der Waals surface area contributed by atoms with E-state index < -0.39 is 11.8 Å². The Kier molecular flexibility index (Phi) is 3.24. The van der Waals surface area contributed by atoms with Crippen LogP contribution in [0.2, 0.25) is 0 Å². The summed E-state index contributed by atoms with van der Waals surface area (Å²) in [5, 5.41) is 0. The molecule has 22 heavy (non-hydrogen) atoms. The van der Waals surface area contributed by atoms with Gasteiger partial charge in [-0.1, -0.05) is 30.3 Å². The molecule has 112 valence electrons. The lowest BCUT2D eigenvalue weighted by molar-refractivity contribution is -0.127. The second-order valence-corrected chi connectivity index (χ2v) is 5.74. The van der Waals surface area contributed by atoms with Crippen LogP contribution in [0.4, 0.5) is 0 Å².